The molecule has 0 aromatic heterocycles. The van der Waals surface area contributed by atoms with E-state index in [4.69, 9.17) is 6.42 Å². The number of terminal acetylenes is 1. The molecule has 2 aromatic carbocycles. The van der Waals surface area contributed by atoms with E-state index in [-0.39, 0.29) is 18.0 Å². The molecule has 0 N–H and O–H groups in total. The van der Waals surface area contributed by atoms with Gasteiger partial charge in [0.05, 0.1) is 0 Å². The quantitative estimate of drug-likeness (QED) is 0.373. The van der Waals surface area contributed by atoms with Crippen molar-refractivity contribution in [2.75, 3.05) is 37.6 Å². The fraction of sp³-hybridized carbons (Fsp3) is 0.515. The first kappa shape index (κ1) is 26.2. The van der Waals surface area contributed by atoms with Crippen molar-refractivity contribution in [2.24, 2.45) is 10.2 Å². The van der Waals surface area contributed by atoms with Crippen molar-refractivity contribution in [1.29, 1.82) is 0 Å². The van der Waals surface area contributed by atoms with Crippen LogP contribution in [0.1, 0.15) is 61.3 Å². The molecule has 3 saturated heterocycles. The maximum Gasteiger partial charge on any atom is 0.327 e. The molecule has 0 saturated carbocycles. The number of benzene rings is 2. The van der Waals surface area contributed by atoms with Crippen LogP contribution in [0.15, 0.2) is 52.7 Å². The Morgan fingerprint density at radius 1 is 0.951 bits per heavy atom. The van der Waals surface area contributed by atoms with Gasteiger partial charge in [-0.15, -0.1) is 6.42 Å². The Morgan fingerprint density at radius 2 is 1.66 bits per heavy atom. The first-order valence-electron chi connectivity index (χ1n) is 15.1. The number of carbonyl (C=O) groups is 2. The van der Waals surface area contributed by atoms with Gasteiger partial charge >= 0.3 is 6.03 Å². The average molecular weight is 551 g/mol. The van der Waals surface area contributed by atoms with E-state index in [1.54, 1.807) is 4.90 Å². The highest BCUT2D eigenvalue weighted by molar-refractivity contribution is 6.07. The van der Waals surface area contributed by atoms with Gasteiger partial charge in [-0.05, 0) is 86.4 Å². The first-order valence-corrected chi connectivity index (χ1v) is 15.1. The van der Waals surface area contributed by atoms with Crippen LogP contribution in [0.2, 0.25) is 0 Å². The highest BCUT2D eigenvalue weighted by Crippen LogP contribution is 2.42. The number of hydrogen-bond donors (Lipinski definition) is 0. The largest absolute Gasteiger partial charge is 0.372 e. The van der Waals surface area contributed by atoms with Gasteiger partial charge in [-0.1, -0.05) is 24.1 Å². The number of rotatable bonds is 7. The minimum absolute atomic E-state index is 0.0260. The van der Waals surface area contributed by atoms with Crippen molar-refractivity contribution in [3.63, 3.8) is 0 Å². The van der Waals surface area contributed by atoms with Crippen molar-refractivity contribution < 1.29 is 9.59 Å². The Bertz CT molecular complexity index is 1420. The van der Waals surface area contributed by atoms with Crippen LogP contribution in [0.3, 0.4) is 0 Å². The van der Waals surface area contributed by atoms with Crippen LogP contribution < -0.4 is 4.90 Å². The van der Waals surface area contributed by atoms with Gasteiger partial charge < -0.3 is 9.80 Å². The average Bonchev–Trinajstić information content (AvgIpc) is 3.32. The molecule has 1 spiro atoms. The zero-order valence-corrected chi connectivity index (χ0v) is 23.9. The van der Waals surface area contributed by atoms with E-state index < -0.39 is 11.2 Å². The minimum Gasteiger partial charge on any atom is -0.372 e. The Hall–Kier alpha value is -3.70. The molecule has 7 rings (SSSR count). The minimum atomic E-state index is -0.794. The van der Waals surface area contributed by atoms with Crippen LogP contribution in [0.25, 0.3) is 0 Å². The molecular formula is C33H38N6O2. The molecule has 1 aliphatic carbocycles. The fourth-order valence-corrected chi connectivity index (χ4v) is 7.36. The zero-order chi connectivity index (χ0) is 28.2. The van der Waals surface area contributed by atoms with Crippen molar-refractivity contribution in [3.8, 4) is 12.3 Å². The summed E-state index contributed by atoms with van der Waals surface area (Å²) in [5, 5.41) is 8.33. The molecule has 8 nitrogen and oxygen atoms in total. The van der Waals surface area contributed by atoms with Crippen molar-refractivity contribution in [3.05, 3.63) is 64.7 Å². The Balaban J connectivity index is 1.06. The topological polar surface area (TPSA) is 71.8 Å². The lowest BCUT2D eigenvalue weighted by molar-refractivity contribution is -0.137. The smallest absolute Gasteiger partial charge is 0.327 e. The van der Waals surface area contributed by atoms with Gasteiger partial charge in [-0.2, -0.15) is 10.2 Å². The van der Waals surface area contributed by atoms with E-state index in [0.717, 1.165) is 43.9 Å². The molecular weight excluding hydrogens is 512 g/mol. The van der Waals surface area contributed by atoms with Gasteiger partial charge in [0, 0.05) is 63.0 Å². The Morgan fingerprint density at radius 3 is 2.34 bits per heavy atom. The summed E-state index contributed by atoms with van der Waals surface area (Å²) < 4.78 is 0. The molecule has 4 aliphatic heterocycles. The number of nitrogens with zero attached hydrogens (tertiary/aromatic N) is 6. The third kappa shape index (κ3) is 4.70. The van der Waals surface area contributed by atoms with Gasteiger partial charge in [-0.25, -0.2) is 4.79 Å². The number of fused-ring (bicyclic) bond motifs is 1. The number of likely N-dealkylation sites (tertiary alicyclic amines) is 1. The summed E-state index contributed by atoms with van der Waals surface area (Å²) in [7, 11) is 0. The van der Waals surface area contributed by atoms with Crippen molar-refractivity contribution >= 4 is 17.6 Å². The molecule has 2 aromatic rings. The third-order valence-electron chi connectivity index (χ3n) is 9.97. The highest BCUT2D eigenvalue weighted by Gasteiger charge is 2.60. The van der Waals surface area contributed by atoms with Gasteiger partial charge in [0.1, 0.15) is 5.54 Å². The summed E-state index contributed by atoms with van der Waals surface area (Å²) in [6.45, 7) is 7.17. The molecule has 0 bridgehead atoms. The SMILES string of the molecule is C#Cc1ccc2c(c1)CC(N1C(=O)N(CCC3(C)N=N3)C3(CCN(Cc4ccc(N5CCCC5)cc4)CC3)C1=O)C2. The summed E-state index contributed by atoms with van der Waals surface area (Å²) in [5.41, 5.74) is 4.54. The Kier molecular flexibility index (Phi) is 6.39. The van der Waals surface area contributed by atoms with Crippen LogP contribution in [-0.2, 0) is 24.2 Å². The van der Waals surface area contributed by atoms with E-state index >= 15 is 0 Å². The number of urea groups is 1. The highest BCUT2D eigenvalue weighted by atomic mass is 16.2. The molecule has 0 radical (unpaired) electrons. The van der Waals surface area contributed by atoms with E-state index in [1.165, 1.54) is 29.7 Å². The molecule has 3 amide bonds. The molecule has 1 unspecified atom stereocenters. The molecule has 8 heteroatoms. The van der Waals surface area contributed by atoms with E-state index in [0.29, 0.717) is 38.6 Å². The first-order chi connectivity index (χ1) is 19.9. The van der Waals surface area contributed by atoms with Crippen LogP contribution in [0, 0.1) is 12.3 Å². The summed E-state index contributed by atoms with van der Waals surface area (Å²) in [4.78, 5) is 36.7. The number of piperidine rings is 1. The number of anilines is 1. The molecule has 4 heterocycles. The monoisotopic (exact) mass is 550 g/mol. The normalized spacial score (nSPS) is 24.4. The van der Waals surface area contributed by atoms with Gasteiger partial charge in [0.25, 0.3) is 5.91 Å². The van der Waals surface area contributed by atoms with Crippen molar-refractivity contribution in [1.82, 2.24) is 14.7 Å². The zero-order valence-electron chi connectivity index (χ0n) is 23.9. The van der Waals surface area contributed by atoms with Crippen molar-refractivity contribution in [2.45, 2.75) is 75.7 Å². The lowest BCUT2D eigenvalue weighted by Gasteiger charge is -2.42. The van der Waals surface area contributed by atoms with Gasteiger partial charge in [-0.3, -0.25) is 14.6 Å². The second kappa shape index (κ2) is 9.99. The molecule has 1 atom stereocenters. The number of imide groups is 1. The second-order valence-corrected chi connectivity index (χ2v) is 12.6. The summed E-state index contributed by atoms with van der Waals surface area (Å²) in [6, 6.07) is 14.7. The predicted molar refractivity (Wildman–Crippen MR) is 158 cm³/mol. The van der Waals surface area contributed by atoms with Gasteiger partial charge in [0.2, 0.25) is 0 Å². The van der Waals surface area contributed by atoms with E-state index in [2.05, 4.69) is 56.3 Å². The molecule has 5 aliphatic rings. The van der Waals surface area contributed by atoms with Crippen LogP contribution >= 0.6 is 0 Å². The second-order valence-electron chi connectivity index (χ2n) is 12.6. The third-order valence-corrected chi connectivity index (χ3v) is 9.97. The standard InChI is InChI=1S/C33H38N6O2/c1-3-24-6-9-26-21-29(22-27(26)20-24)39-30(40)33(38(31(39)41)19-12-32(2)34-35-32)13-17-36(18-14-33)23-25-7-10-28(11-8-25)37-15-4-5-16-37/h1,6-11,20,29H,4-5,12-19,21-23H2,2H3. The number of carbonyl (C=O) groups excluding carboxylic acids is 2. The maximum atomic E-state index is 14.3. The number of amides is 3. The number of hydrogen-bond acceptors (Lipinski definition) is 6. The van der Waals surface area contributed by atoms with Crippen LogP contribution in [0.4, 0.5) is 10.5 Å². The Labute approximate surface area is 242 Å². The van der Waals surface area contributed by atoms with Crippen LogP contribution in [-0.4, -0.2) is 76.6 Å². The van der Waals surface area contributed by atoms with Gasteiger partial charge in [0.15, 0.2) is 5.66 Å². The fourth-order valence-electron chi connectivity index (χ4n) is 7.36. The van der Waals surface area contributed by atoms with Crippen LogP contribution in [0.5, 0.6) is 0 Å². The summed E-state index contributed by atoms with van der Waals surface area (Å²) in [5.74, 6) is 2.68. The summed E-state index contributed by atoms with van der Waals surface area (Å²) >= 11 is 0. The molecule has 41 heavy (non-hydrogen) atoms. The lowest BCUT2D eigenvalue weighted by Crippen LogP contribution is -2.57. The summed E-state index contributed by atoms with van der Waals surface area (Å²) in [6.07, 6.45) is 11.5. The lowest BCUT2D eigenvalue weighted by atomic mass is 9.85. The predicted octanol–water partition coefficient (Wildman–Crippen LogP) is 4.61. The van der Waals surface area contributed by atoms with E-state index in [1.807, 2.05) is 24.0 Å². The molecule has 3 fully saturated rings. The van der Waals surface area contributed by atoms with E-state index in [9.17, 15) is 9.59 Å². The molecule has 212 valence electrons. The maximum absolute atomic E-state index is 14.3.